The van der Waals surface area contributed by atoms with E-state index in [0.29, 0.717) is 45.8 Å². The quantitative estimate of drug-likeness (QED) is 0.270. The van der Waals surface area contributed by atoms with Crippen LogP contribution in [-0.4, -0.2) is 39.8 Å². The second-order valence-electron chi connectivity index (χ2n) is 9.06. The van der Waals surface area contributed by atoms with Gasteiger partial charge in [0, 0.05) is 41.0 Å². The van der Waals surface area contributed by atoms with E-state index in [0.717, 1.165) is 5.56 Å². The molecule has 0 saturated heterocycles. The number of aromatic carboxylic acids is 1. The lowest BCUT2D eigenvalue weighted by Gasteiger charge is -2.13. The summed E-state index contributed by atoms with van der Waals surface area (Å²) in [5, 5.41) is 9.89. The molecule has 0 radical (unpaired) electrons. The van der Waals surface area contributed by atoms with Crippen molar-refractivity contribution in [2.45, 2.75) is 6.42 Å². The number of hydrogen-bond donors (Lipinski definition) is 3. The van der Waals surface area contributed by atoms with Gasteiger partial charge in [-0.15, -0.1) is 0 Å². The van der Waals surface area contributed by atoms with Crippen LogP contribution in [0.4, 0.5) is 11.8 Å². The Bertz CT molecular complexity index is 1920. The maximum atomic E-state index is 12.9. The van der Waals surface area contributed by atoms with Crippen molar-refractivity contribution in [3.8, 4) is 29.0 Å². The second-order valence-corrected chi connectivity index (χ2v) is 9.06. The summed E-state index contributed by atoms with van der Waals surface area (Å²) in [4.78, 5) is 32.8. The van der Waals surface area contributed by atoms with Crippen LogP contribution < -0.4 is 26.4 Å². The fraction of sp³-hybridized carbons (Fsp3) is 0.0968. The number of aromatic nitrogens is 3. The number of carboxylic acids is 1. The topological polar surface area (TPSA) is 156 Å². The van der Waals surface area contributed by atoms with Crippen LogP contribution in [0.1, 0.15) is 32.6 Å². The van der Waals surface area contributed by atoms with Gasteiger partial charge in [0.2, 0.25) is 11.4 Å². The van der Waals surface area contributed by atoms with Crippen LogP contribution in [0.5, 0.6) is 11.5 Å². The fourth-order valence-electron chi connectivity index (χ4n) is 4.50. The van der Waals surface area contributed by atoms with Crippen LogP contribution in [0.15, 0.2) is 77.9 Å². The molecule has 10 nitrogen and oxygen atoms in total. The Kier molecular flexibility index (Phi) is 7.26. The van der Waals surface area contributed by atoms with Crippen molar-refractivity contribution < 1.29 is 19.4 Å². The highest BCUT2D eigenvalue weighted by molar-refractivity contribution is 5.93. The van der Waals surface area contributed by atoms with Crippen molar-refractivity contribution in [1.29, 1.82) is 0 Å². The number of fused-ring (bicyclic) bond motifs is 1. The molecule has 2 aromatic heterocycles. The molecule has 0 aliphatic heterocycles. The molecule has 0 aliphatic rings. The summed E-state index contributed by atoms with van der Waals surface area (Å²) >= 11 is 0. The first-order valence-corrected chi connectivity index (χ1v) is 12.4. The van der Waals surface area contributed by atoms with Gasteiger partial charge in [0.25, 0.3) is 0 Å². The van der Waals surface area contributed by atoms with E-state index in [2.05, 4.69) is 21.8 Å². The Balaban J connectivity index is 1.62. The van der Waals surface area contributed by atoms with Crippen LogP contribution in [-0.2, 0) is 6.42 Å². The SMILES string of the molecule is COc1cc(Cc2cnc(N)nc2N)cc(C#Cc2ccc3c(=O)c(C(=O)O)cn(-c4ccccc4)c3c2)c1OC. The number of carboxylic acid groups (broad SMARTS) is 1. The molecular weight excluding hydrogens is 522 g/mol. The zero-order valence-corrected chi connectivity index (χ0v) is 22.2. The van der Waals surface area contributed by atoms with Crippen molar-refractivity contribution in [3.05, 3.63) is 111 Å². The third-order valence-electron chi connectivity index (χ3n) is 6.46. The van der Waals surface area contributed by atoms with E-state index >= 15 is 0 Å². The van der Waals surface area contributed by atoms with E-state index in [1.165, 1.54) is 20.4 Å². The van der Waals surface area contributed by atoms with E-state index in [-0.39, 0.29) is 22.7 Å². The highest BCUT2D eigenvalue weighted by Crippen LogP contribution is 2.33. The Morgan fingerprint density at radius 1 is 1.02 bits per heavy atom. The number of nitrogens with two attached hydrogens (primary N) is 2. The molecule has 2 heterocycles. The van der Waals surface area contributed by atoms with Gasteiger partial charge in [-0.3, -0.25) is 4.79 Å². The number of pyridine rings is 1. The maximum absolute atomic E-state index is 12.9. The smallest absolute Gasteiger partial charge is 0.341 e. The van der Waals surface area contributed by atoms with Crippen LogP contribution in [0.25, 0.3) is 16.6 Å². The molecule has 41 heavy (non-hydrogen) atoms. The van der Waals surface area contributed by atoms with Crippen molar-refractivity contribution >= 4 is 28.6 Å². The Morgan fingerprint density at radius 3 is 2.49 bits per heavy atom. The molecule has 0 spiro atoms. The second kappa shape index (κ2) is 11.1. The predicted octanol–water partition coefficient (Wildman–Crippen LogP) is 3.65. The number of ether oxygens (including phenoxy) is 2. The molecule has 0 bridgehead atoms. The van der Waals surface area contributed by atoms with Crippen molar-refractivity contribution in [2.24, 2.45) is 0 Å². The van der Waals surface area contributed by atoms with Crippen LogP contribution >= 0.6 is 0 Å². The zero-order valence-electron chi connectivity index (χ0n) is 22.2. The molecule has 5 rings (SSSR count). The summed E-state index contributed by atoms with van der Waals surface area (Å²) < 4.78 is 12.8. The molecule has 0 saturated carbocycles. The van der Waals surface area contributed by atoms with E-state index in [1.54, 1.807) is 29.0 Å². The normalized spacial score (nSPS) is 10.6. The van der Waals surface area contributed by atoms with Gasteiger partial charge >= 0.3 is 5.97 Å². The Hall–Kier alpha value is -5.82. The molecule has 0 aliphatic carbocycles. The van der Waals surface area contributed by atoms with Gasteiger partial charge < -0.3 is 30.6 Å². The number of methoxy groups -OCH3 is 2. The van der Waals surface area contributed by atoms with Gasteiger partial charge in [-0.2, -0.15) is 4.98 Å². The van der Waals surface area contributed by atoms with Gasteiger partial charge in [0.15, 0.2) is 11.5 Å². The molecule has 3 aromatic carbocycles. The first-order valence-electron chi connectivity index (χ1n) is 12.4. The number of anilines is 2. The van der Waals surface area contributed by atoms with Gasteiger partial charge in [-0.25, -0.2) is 9.78 Å². The minimum absolute atomic E-state index is 0.0948. The molecular formula is C31H25N5O5. The summed E-state index contributed by atoms with van der Waals surface area (Å²) in [6, 6.07) is 17.9. The van der Waals surface area contributed by atoms with Gasteiger partial charge in [-0.05, 0) is 48.0 Å². The summed E-state index contributed by atoms with van der Waals surface area (Å²) in [6.07, 6.45) is 3.33. The highest BCUT2D eigenvalue weighted by Gasteiger charge is 2.16. The Labute approximate surface area is 234 Å². The number of hydrogen-bond acceptors (Lipinski definition) is 8. The summed E-state index contributed by atoms with van der Waals surface area (Å²) in [7, 11) is 3.07. The Morgan fingerprint density at radius 2 is 1.80 bits per heavy atom. The lowest BCUT2D eigenvalue weighted by molar-refractivity contribution is 0.0695. The molecule has 0 unspecified atom stereocenters. The number of benzene rings is 3. The molecule has 5 N–H and O–H groups in total. The van der Waals surface area contributed by atoms with E-state index < -0.39 is 11.4 Å². The molecule has 204 valence electrons. The van der Waals surface area contributed by atoms with E-state index in [4.69, 9.17) is 20.9 Å². The highest BCUT2D eigenvalue weighted by atomic mass is 16.5. The van der Waals surface area contributed by atoms with Crippen molar-refractivity contribution in [3.63, 3.8) is 0 Å². The first-order chi connectivity index (χ1) is 19.8. The predicted molar refractivity (Wildman–Crippen MR) is 156 cm³/mol. The number of rotatable bonds is 6. The third kappa shape index (κ3) is 5.37. The monoisotopic (exact) mass is 547 g/mol. The fourth-order valence-corrected chi connectivity index (χ4v) is 4.50. The minimum atomic E-state index is -1.29. The number of carbonyl (C=O) groups is 1. The van der Waals surface area contributed by atoms with Crippen molar-refractivity contribution in [1.82, 2.24) is 14.5 Å². The average molecular weight is 548 g/mol. The molecule has 5 aromatic rings. The molecule has 0 atom stereocenters. The number of nitrogen functional groups attached to an aromatic ring is 2. The summed E-state index contributed by atoms with van der Waals surface area (Å²) in [5.41, 5.74) is 14.7. The van der Waals surface area contributed by atoms with Crippen LogP contribution in [0.3, 0.4) is 0 Å². The maximum Gasteiger partial charge on any atom is 0.341 e. The van der Waals surface area contributed by atoms with Crippen molar-refractivity contribution in [2.75, 3.05) is 25.7 Å². The van der Waals surface area contributed by atoms with Crippen LogP contribution in [0, 0.1) is 11.8 Å². The third-order valence-corrected chi connectivity index (χ3v) is 6.46. The summed E-state index contributed by atoms with van der Waals surface area (Å²) in [5.74, 6) is 6.33. The minimum Gasteiger partial charge on any atom is -0.493 e. The van der Waals surface area contributed by atoms with Gasteiger partial charge in [0.05, 0.1) is 25.3 Å². The van der Waals surface area contributed by atoms with Gasteiger partial charge in [-0.1, -0.05) is 30.0 Å². The number of para-hydroxylation sites is 1. The first kappa shape index (κ1) is 26.8. The largest absolute Gasteiger partial charge is 0.493 e. The lowest BCUT2D eigenvalue weighted by atomic mass is 10.0. The van der Waals surface area contributed by atoms with Crippen LogP contribution in [0.2, 0.25) is 0 Å². The molecule has 0 amide bonds. The molecule has 10 heteroatoms. The summed E-state index contributed by atoms with van der Waals surface area (Å²) in [6.45, 7) is 0. The average Bonchev–Trinajstić information content (AvgIpc) is 2.97. The van der Waals surface area contributed by atoms with Gasteiger partial charge in [0.1, 0.15) is 11.4 Å². The standard InChI is InChI=1S/C31H25N5O5/c1-40-26-15-19(13-21-16-34-31(33)35-29(21)32)12-20(28(26)41-2)10-8-18-9-11-23-25(14-18)36(22-6-4-3-5-7-22)17-24(27(23)37)30(38)39/h3-7,9,11-12,14-17H,13H2,1-2H3,(H,38,39)(H4,32,33,34,35). The van der Waals surface area contributed by atoms with E-state index in [9.17, 15) is 14.7 Å². The zero-order chi connectivity index (χ0) is 29.1. The molecule has 0 fully saturated rings. The van der Waals surface area contributed by atoms with E-state index in [1.807, 2.05) is 42.5 Å². The number of nitrogens with zero attached hydrogens (tertiary/aromatic N) is 3. The lowest BCUT2D eigenvalue weighted by Crippen LogP contribution is -2.18.